The number of nitrogens with zero attached hydrogens (tertiary/aromatic N) is 3. The van der Waals surface area contributed by atoms with E-state index in [1.54, 1.807) is 4.90 Å². The molecule has 2 amide bonds. The maximum absolute atomic E-state index is 12.8. The van der Waals surface area contributed by atoms with Crippen LogP contribution in [0.5, 0.6) is 0 Å². The third-order valence-electron chi connectivity index (χ3n) is 5.74. The fraction of sp³-hybridized carbons (Fsp3) is 0.522. The molecule has 0 radical (unpaired) electrons. The normalized spacial score (nSPS) is 18.3. The van der Waals surface area contributed by atoms with Gasteiger partial charge in [0.2, 0.25) is 0 Å². The van der Waals surface area contributed by atoms with Crippen molar-refractivity contribution in [3.63, 3.8) is 0 Å². The molecule has 0 fully saturated rings. The van der Waals surface area contributed by atoms with E-state index in [0.29, 0.717) is 31.1 Å². The quantitative estimate of drug-likeness (QED) is 0.815. The van der Waals surface area contributed by atoms with Crippen LogP contribution in [-0.2, 0) is 11.2 Å². The Kier molecular flexibility index (Phi) is 4.87. The van der Waals surface area contributed by atoms with Crippen LogP contribution >= 0.6 is 0 Å². The van der Waals surface area contributed by atoms with Crippen molar-refractivity contribution in [3.05, 3.63) is 46.3 Å². The second-order valence-electron chi connectivity index (χ2n) is 9.47. The summed E-state index contributed by atoms with van der Waals surface area (Å²) in [4.78, 5) is 27.1. The Morgan fingerprint density at radius 1 is 1.30 bits per heavy atom. The molecule has 160 valence electrons. The van der Waals surface area contributed by atoms with Crippen molar-refractivity contribution in [1.82, 2.24) is 20.0 Å². The summed E-state index contributed by atoms with van der Waals surface area (Å²) in [5, 5.41) is 7.58. The number of carbonyl (C=O) groups excluding carboxylic acids is 2. The lowest BCUT2D eigenvalue weighted by Gasteiger charge is -2.38. The van der Waals surface area contributed by atoms with E-state index in [2.05, 4.69) is 44.3 Å². The minimum atomic E-state index is -0.572. The van der Waals surface area contributed by atoms with Crippen LogP contribution in [0, 0.1) is 6.92 Å². The standard InChI is InChI=1S/C23H30N4O3/c1-13(2)15-7-8-16(14(3)11-15)27-17-9-10-26(22(29)30-23(4,5)6)18-12-24-21(28)20(25-27)19(17)18/h7-8,11,13,18H,9-10,12H2,1-6H3,(H,24,28)/t18-/m0/s1. The number of rotatable bonds is 2. The van der Waals surface area contributed by atoms with Crippen LogP contribution in [0.1, 0.15) is 79.5 Å². The minimum absolute atomic E-state index is 0.191. The number of nitrogens with one attached hydrogen (secondary N) is 1. The number of aromatic nitrogens is 2. The molecule has 30 heavy (non-hydrogen) atoms. The highest BCUT2D eigenvalue weighted by atomic mass is 16.6. The summed E-state index contributed by atoms with van der Waals surface area (Å²) in [6.07, 6.45) is 0.266. The van der Waals surface area contributed by atoms with Gasteiger partial charge in [-0.1, -0.05) is 26.0 Å². The molecule has 7 nitrogen and oxygen atoms in total. The van der Waals surface area contributed by atoms with Crippen molar-refractivity contribution in [1.29, 1.82) is 0 Å². The number of hydrogen-bond donors (Lipinski definition) is 1. The van der Waals surface area contributed by atoms with Crippen molar-refractivity contribution < 1.29 is 14.3 Å². The first-order chi connectivity index (χ1) is 14.1. The molecule has 0 saturated carbocycles. The monoisotopic (exact) mass is 410 g/mol. The Balaban J connectivity index is 1.77. The summed E-state index contributed by atoms with van der Waals surface area (Å²) in [7, 11) is 0. The van der Waals surface area contributed by atoms with Crippen molar-refractivity contribution in [2.24, 2.45) is 0 Å². The Hall–Kier alpha value is -2.83. The van der Waals surface area contributed by atoms with Crippen molar-refractivity contribution in [2.75, 3.05) is 13.1 Å². The van der Waals surface area contributed by atoms with E-state index >= 15 is 0 Å². The fourth-order valence-electron chi connectivity index (χ4n) is 4.26. The van der Waals surface area contributed by atoms with E-state index in [1.807, 2.05) is 25.5 Å². The fourth-order valence-corrected chi connectivity index (χ4v) is 4.26. The number of hydrogen-bond acceptors (Lipinski definition) is 4. The van der Waals surface area contributed by atoms with Gasteiger partial charge in [0.1, 0.15) is 5.60 Å². The molecule has 0 saturated heterocycles. The van der Waals surface area contributed by atoms with Crippen LogP contribution < -0.4 is 5.32 Å². The van der Waals surface area contributed by atoms with Gasteiger partial charge >= 0.3 is 6.09 Å². The van der Waals surface area contributed by atoms with Gasteiger partial charge in [-0.05, 0) is 50.8 Å². The predicted molar refractivity (Wildman–Crippen MR) is 114 cm³/mol. The first kappa shape index (κ1) is 20.4. The summed E-state index contributed by atoms with van der Waals surface area (Å²) in [6.45, 7) is 12.9. The van der Waals surface area contributed by atoms with Gasteiger partial charge in [0.05, 0.1) is 17.4 Å². The van der Waals surface area contributed by atoms with Gasteiger partial charge in [-0.15, -0.1) is 0 Å². The summed E-state index contributed by atoms with van der Waals surface area (Å²) in [5.41, 5.74) is 5.05. The maximum Gasteiger partial charge on any atom is 0.410 e. The zero-order valence-corrected chi connectivity index (χ0v) is 18.6. The molecule has 1 N–H and O–H groups in total. The SMILES string of the molecule is Cc1cc(C(C)C)ccc1-n1nc2c3c1CCN(C(=O)OC(C)(C)C)[C@H]3CNC2=O. The molecule has 4 rings (SSSR count). The van der Waals surface area contributed by atoms with Gasteiger partial charge in [-0.25, -0.2) is 9.48 Å². The topological polar surface area (TPSA) is 76.5 Å². The average Bonchev–Trinajstić information content (AvgIpc) is 3.04. The summed E-state index contributed by atoms with van der Waals surface area (Å²) in [5.74, 6) is 0.253. The Morgan fingerprint density at radius 2 is 2.03 bits per heavy atom. The van der Waals surface area contributed by atoms with Crippen molar-refractivity contribution in [2.45, 2.75) is 65.5 Å². The molecular weight excluding hydrogens is 380 g/mol. The first-order valence-electron chi connectivity index (χ1n) is 10.6. The Labute approximate surface area is 177 Å². The summed E-state index contributed by atoms with van der Waals surface area (Å²) >= 11 is 0. The predicted octanol–water partition coefficient (Wildman–Crippen LogP) is 3.88. The zero-order chi connectivity index (χ0) is 21.8. The lowest BCUT2D eigenvalue weighted by molar-refractivity contribution is 0.0132. The molecule has 0 spiro atoms. The molecule has 0 aliphatic carbocycles. The van der Waals surface area contributed by atoms with Crippen molar-refractivity contribution >= 4 is 12.0 Å². The van der Waals surface area contributed by atoms with E-state index in [9.17, 15) is 9.59 Å². The van der Waals surface area contributed by atoms with Crippen LogP contribution in [0.15, 0.2) is 18.2 Å². The first-order valence-corrected chi connectivity index (χ1v) is 10.6. The maximum atomic E-state index is 12.8. The molecule has 2 aromatic rings. The van der Waals surface area contributed by atoms with Gasteiger partial charge < -0.3 is 10.1 Å². The molecule has 2 aliphatic heterocycles. The highest BCUT2D eigenvalue weighted by Crippen LogP contribution is 2.37. The summed E-state index contributed by atoms with van der Waals surface area (Å²) in [6, 6.07) is 6.11. The molecule has 1 aromatic heterocycles. The number of carbonyl (C=O) groups is 2. The van der Waals surface area contributed by atoms with E-state index in [4.69, 9.17) is 9.84 Å². The van der Waals surface area contributed by atoms with Crippen LogP contribution in [0.25, 0.3) is 5.69 Å². The van der Waals surface area contributed by atoms with Crippen molar-refractivity contribution in [3.8, 4) is 5.69 Å². The Bertz CT molecular complexity index is 1020. The third-order valence-corrected chi connectivity index (χ3v) is 5.74. The molecular formula is C23H30N4O3. The van der Waals surface area contributed by atoms with E-state index in [0.717, 1.165) is 22.5 Å². The van der Waals surface area contributed by atoms with Crippen LogP contribution in [0.3, 0.4) is 0 Å². The minimum Gasteiger partial charge on any atom is -0.444 e. The molecule has 0 unspecified atom stereocenters. The zero-order valence-electron chi connectivity index (χ0n) is 18.6. The number of aryl methyl sites for hydroxylation is 1. The van der Waals surface area contributed by atoms with E-state index in [1.165, 1.54) is 5.56 Å². The molecule has 1 atom stereocenters. The Morgan fingerprint density at radius 3 is 2.67 bits per heavy atom. The van der Waals surface area contributed by atoms with Gasteiger partial charge in [0.15, 0.2) is 5.69 Å². The van der Waals surface area contributed by atoms with Gasteiger partial charge in [0, 0.05) is 25.1 Å². The number of benzene rings is 1. The van der Waals surface area contributed by atoms with Crippen LogP contribution in [0.4, 0.5) is 4.79 Å². The third kappa shape index (κ3) is 3.46. The molecule has 1 aromatic carbocycles. The van der Waals surface area contributed by atoms with Crippen LogP contribution in [-0.4, -0.2) is 45.4 Å². The highest BCUT2D eigenvalue weighted by molar-refractivity contribution is 5.96. The van der Waals surface area contributed by atoms with Gasteiger partial charge in [-0.3, -0.25) is 9.69 Å². The molecule has 3 heterocycles. The van der Waals surface area contributed by atoms with Gasteiger partial charge in [0.25, 0.3) is 5.91 Å². The van der Waals surface area contributed by atoms with Gasteiger partial charge in [-0.2, -0.15) is 5.10 Å². The second-order valence-corrected chi connectivity index (χ2v) is 9.47. The smallest absolute Gasteiger partial charge is 0.410 e. The van der Waals surface area contributed by atoms with Crippen LogP contribution in [0.2, 0.25) is 0 Å². The second kappa shape index (κ2) is 7.15. The number of amides is 2. The molecule has 2 aliphatic rings. The lowest BCUT2D eigenvalue weighted by Crippen LogP contribution is -2.49. The number of ether oxygens (including phenoxy) is 1. The molecule has 0 bridgehead atoms. The largest absolute Gasteiger partial charge is 0.444 e. The van der Waals surface area contributed by atoms with E-state index < -0.39 is 5.60 Å². The summed E-state index contributed by atoms with van der Waals surface area (Å²) < 4.78 is 7.51. The highest BCUT2D eigenvalue weighted by Gasteiger charge is 2.42. The molecule has 7 heteroatoms. The lowest BCUT2D eigenvalue weighted by atomic mass is 9.93. The van der Waals surface area contributed by atoms with E-state index in [-0.39, 0.29) is 18.0 Å². The average molecular weight is 411 g/mol.